The summed E-state index contributed by atoms with van der Waals surface area (Å²) in [5.74, 6) is -2.83. The van der Waals surface area contributed by atoms with Crippen LogP contribution in [0.1, 0.15) is 16.2 Å². The van der Waals surface area contributed by atoms with Crippen molar-refractivity contribution < 1.29 is 22.0 Å². The molecule has 0 spiro atoms. The van der Waals surface area contributed by atoms with Crippen LogP contribution in [-0.2, 0) is 10.0 Å². The minimum Gasteiger partial charge on any atom is -0.266 e. The van der Waals surface area contributed by atoms with E-state index < -0.39 is 32.5 Å². The zero-order valence-electron chi connectivity index (χ0n) is 14.0. The predicted molar refractivity (Wildman–Crippen MR) is 97.1 cm³/mol. The van der Waals surface area contributed by atoms with Crippen LogP contribution in [0, 0.1) is 18.6 Å². The van der Waals surface area contributed by atoms with Gasteiger partial charge in [0.2, 0.25) is 0 Å². The molecule has 146 valence electrons. The molecule has 0 radical (unpaired) electrons. The number of halogens is 4. The SMILES string of the molecule is Cc1c(C(=O)NS(=O)(=O)c2cc(Cl)ccc2Cl)nnn1-c1ccc(F)cc1F. The number of nitrogens with zero attached hydrogens (tertiary/aromatic N) is 3. The Kier molecular flexibility index (Phi) is 5.37. The smallest absolute Gasteiger partial charge is 0.266 e. The minimum atomic E-state index is -4.36. The summed E-state index contributed by atoms with van der Waals surface area (Å²) in [5, 5.41) is 7.19. The van der Waals surface area contributed by atoms with Gasteiger partial charge in [0.05, 0.1) is 10.7 Å². The van der Waals surface area contributed by atoms with Gasteiger partial charge in [-0.1, -0.05) is 28.4 Å². The molecule has 3 rings (SSSR count). The highest BCUT2D eigenvalue weighted by atomic mass is 35.5. The molecule has 7 nitrogen and oxygen atoms in total. The van der Waals surface area contributed by atoms with Crippen LogP contribution in [-0.4, -0.2) is 29.3 Å². The molecule has 0 saturated heterocycles. The first-order valence-electron chi connectivity index (χ1n) is 7.50. The monoisotopic (exact) mass is 446 g/mol. The van der Waals surface area contributed by atoms with Crippen molar-refractivity contribution in [1.82, 2.24) is 19.7 Å². The van der Waals surface area contributed by atoms with Gasteiger partial charge in [-0.05, 0) is 37.3 Å². The molecule has 2 aromatic carbocycles. The number of nitrogens with one attached hydrogen (secondary N) is 1. The van der Waals surface area contributed by atoms with E-state index in [4.69, 9.17) is 23.2 Å². The summed E-state index contributed by atoms with van der Waals surface area (Å²) in [4.78, 5) is 12.0. The topological polar surface area (TPSA) is 93.9 Å². The van der Waals surface area contributed by atoms with Gasteiger partial charge in [0.1, 0.15) is 16.4 Å². The largest absolute Gasteiger partial charge is 0.287 e. The van der Waals surface area contributed by atoms with Crippen molar-refractivity contribution in [1.29, 1.82) is 0 Å². The van der Waals surface area contributed by atoms with Crippen LogP contribution < -0.4 is 4.72 Å². The standard InChI is InChI=1S/C16H10Cl2F2N4O3S/c1-8-15(21-23-24(8)13-5-3-10(19)7-12(13)20)16(25)22-28(26,27)14-6-9(17)2-4-11(14)18/h2-7H,1H3,(H,22,25). The van der Waals surface area contributed by atoms with E-state index in [2.05, 4.69) is 10.3 Å². The molecule has 0 aliphatic rings. The fourth-order valence-corrected chi connectivity index (χ4v) is 4.05. The third-order valence-corrected chi connectivity index (χ3v) is 5.71. The maximum atomic E-state index is 13.9. The molecule has 1 aromatic heterocycles. The molecule has 0 unspecified atom stereocenters. The van der Waals surface area contributed by atoms with Gasteiger partial charge in [0, 0.05) is 11.1 Å². The Hall–Kier alpha value is -2.56. The van der Waals surface area contributed by atoms with Crippen LogP contribution in [0.15, 0.2) is 41.3 Å². The summed E-state index contributed by atoms with van der Waals surface area (Å²) >= 11 is 11.6. The summed E-state index contributed by atoms with van der Waals surface area (Å²) in [6.45, 7) is 1.37. The van der Waals surface area contributed by atoms with Crippen molar-refractivity contribution >= 4 is 39.1 Å². The first-order chi connectivity index (χ1) is 13.1. The Labute approximate surface area is 167 Å². The van der Waals surface area contributed by atoms with Crippen molar-refractivity contribution in [2.45, 2.75) is 11.8 Å². The Morgan fingerprint density at radius 3 is 2.54 bits per heavy atom. The fraction of sp³-hybridized carbons (Fsp3) is 0.0625. The number of carbonyl (C=O) groups is 1. The van der Waals surface area contributed by atoms with Gasteiger partial charge < -0.3 is 0 Å². The molecule has 0 saturated carbocycles. The molecular weight excluding hydrogens is 437 g/mol. The van der Waals surface area contributed by atoms with Crippen molar-refractivity contribution in [3.63, 3.8) is 0 Å². The number of aromatic nitrogens is 3. The fourth-order valence-electron chi connectivity index (χ4n) is 2.33. The number of carbonyl (C=O) groups excluding carboxylic acids is 1. The summed E-state index contributed by atoms with van der Waals surface area (Å²) in [6, 6.07) is 6.49. The Balaban J connectivity index is 1.94. The lowest BCUT2D eigenvalue weighted by Gasteiger charge is -2.08. The van der Waals surface area contributed by atoms with Gasteiger partial charge >= 0.3 is 0 Å². The van der Waals surface area contributed by atoms with Crippen molar-refractivity contribution in [2.24, 2.45) is 0 Å². The average Bonchev–Trinajstić information content (AvgIpc) is 2.98. The van der Waals surface area contributed by atoms with E-state index in [0.717, 1.165) is 22.9 Å². The van der Waals surface area contributed by atoms with Gasteiger partial charge in [-0.15, -0.1) is 5.10 Å². The molecule has 12 heteroatoms. The second-order valence-corrected chi connectivity index (χ2v) is 8.03. The quantitative estimate of drug-likeness (QED) is 0.663. The highest BCUT2D eigenvalue weighted by Gasteiger charge is 2.26. The van der Waals surface area contributed by atoms with Crippen LogP contribution in [0.4, 0.5) is 8.78 Å². The van der Waals surface area contributed by atoms with Crippen LogP contribution in [0.3, 0.4) is 0 Å². The lowest BCUT2D eigenvalue weighted by atomic mass is 10.2. The molecule has 1 heterocycles. The van der Waals surface area contributed by atoms with Crippen molar-refractivity contribution in [3.8, 4) is 5.69 Å². The summed E-state index contributed by atoms with van der Waals surface area (Å²) in [5.41, 5.74) is -0.493. The van der Waals surface area contributed by atoms with Gasteiger partial charge in [-0.25, -0.2) is 26.6 Å². The van der Waals surface area contributed by atoms with Crippen LogP contribution >= 0.6 is 23.2 Å². The van der Waals surface area contributed by atoms with Crippen molar-refractivity contribution in [3.05, 3.63) is 69.5 Å². The molecule has 1 N–H and O–H groups in total. The zero-order chi connectivity index (χ0) is 20.6. The van der Waals surface area contributed by atoms with Gasteiger partial charge in [0.15, 0.2) is 11.5 Å². The first-order valence-corrected chi connectivity index (χ1v) is 9.74. The Morgan fingerprint density at radius 2 is 1.86 bits per heavy atom. The van der Waals surface area contributed by atoms with E-state index in [9.17, 15) is 22.0 Å². The van der Waals surface area contributed by atoms with E-state index in [-0.39, 0.29) is 27.1 Å². The molecule has 0 aliphatic carbocycles. The maximum Gasteiger partial charge on any atom is 0.287 e. The van der Waals surface area contributed by atoms with Gasteiger partial charge in [0.25, 0.3) is 15.9 Å². The molecular formula is C16H10Cl2F2N4O3S. The van der Waals surface area contributed by atoms with Crippen LogP contribution in [0.25, 0.3) is 5.69 Å². The van der Waals surface area contributed by atoms with Crippen molar-refractivity contribution in [2.75, 3.05) is 0 Å². The predicted octanol–water partition coefficient (Wildman–Crippen LogP) is 3.28. The van der Waals surface area contributed by atoms with E-state index in [1.807, 2.05) is 0 Å². The normalized spacial score (nSPS) is 11.5. The number of amides is 1. The highest BCUT2D eigenvalue weighted by Crippen LogP contribution is 2.25. The number of hydrogen-bond donors (Lipinski definition) is 1. The minimum absolute atomic E-state index is 0.0374. The van der Waals surface area contributed by atoms with E-state index in [1.165, 1.54) is 19.1 Å². The van der Waals surface area contributed by atoms with Crippen LogP contribution in [0.2, 0.25) is 10.0 Å². The summed E-state index contributed by atoms with van der Waals surface area (Å²) < 4.78 is 54.6. The van der Waals surface area contributed by atoms with E-state index in [0.29, 0.717) is 6.07 Å². The molecule has 0 fully saturated rings. The molecule has 0 atom stereocenters. The lowest BCUT2D eigenvalue weighted by molar-refractivity contribution is 0.0976. The Morgan fingerprint density at radius 1 is 1.14 bits per heavy atom. The second-order valence-electron chi connectivity index (χ2n) is 5.54. The zero-order valence-corrected chi connectivity index (χ0v) is 16.3. The van der Waals surface area contributed by atoms with Crippen LogP contribution in [0.5, 0.6) is 0 Å². The third-order valence-electron chi connectivity index (χ3n) is 3.66. The number of sulfonamides is 1. The molecule has 3 aromatic rings. The van der Waals surface area contributed by atoms with Gasteiger partial charge in [-0.2, -0.15) is 0 Å². The molecule has 0 aliphatic heterocycles. The first kappa shape index (κ1) is 20.2. The summed E-state index contributed by atoms with van der Waals surface area (Å²) in [6.07, 6.45) is 0. The van der Waals surface area contributed by atoms with E-state index >= 15 is 0 Å². The number of hydrogen-bond acceptors (Lipinski definition) is 5. The highest BCUT2D eigenvalue weighted by molar-refractivity contribution is 7.90. The Bertz CT molecular complexity index is 1200. The average molecular weight is 447 g/mol. The van der Waals surface area contributed by atoms with Gasteiger partial charge in [-0.3, -0.25) is 4.79 Å². The third kappa shape index (κ3) is 3.84. The second kappa shape index (κ2) is 7.46. The number of rotatable bonds is 4. The maximum absolute atomic E-state index is 13.9. The number of benzene rings is 2. The molecule has 0 bridgehead atoms. The molecule has 1 amide bonds. The molecule has 28 heavy (non-hydrogen) atoms. The summed E-state index contributed by atoms with van der Waals surface area (Å²) in [7, 11) is -4.36. The lowest BCUT2D eigenvalue weighted by Crippen LogP contribution is -2.31. The van der Waals surface area contributed by atoms with E-state index in [1.54, 1.807) is 4.72 Å².